The van der Waals surface area contributed by atoms with Crippen molar-refractivity contribution in [2.75, 3.05) is 17.6 Å². The van der Waals surface area contributed by atoms with Crippen molar-refractivity contribution in [1.82, 2.24) is 4.98 Å². The van der Waals surface area contributed by atoms with Crippen molar-refractivity contribution in [2.45, 2.75) is 19.8 Å². The molecular formula is C16H17N3O. The van der Waals surface area contributed by atoms with E-state index in [2.05, 4.69) is 10.3 Å². The molecule has 2 aromatic rings. The second-order valence-electron chi connectivity index (χ2n) is 5.14. The van der Waals surface area contributed by atoms with Crippen molar-refractivity contribution >= 4 is 17.3 Å². The zero-order valence-corrected chi connectivity index (χ0v) is 11.4. The summed E-state index contributed by atoms with van der Waals surface area (Å²) in [7, 11) is 0. The summed E-state index contributed by atoms with van der Waals surface area (Å²) in [6.07, 6.45) is 3.64. The van der Waals surface area contributed by atoms with Crippen LogP contribution in [0.15, 0.2) is 30.5 Å². The molecule has 1 aromatic heterocycles. The first-order chi connectivity index (χ1) is 9.66. The highest BCUT2D eigenvalue weighted by atomic mass is 16.1. The maximum Gasteiger partial charge on any atom is 0.197 e. The number of rotatable bonds is 2. The summed E-state index contributed by atoms with van der Waals surface area (Å²) in [6, 6.07) is 7.60. The number of hydrogen-bond acceptors (Lipinski definition) is 4. The molecule has 0 spiro atoms. The van der Waals surface area contributed by atoms with Gasteiger partial charge in [-0.1, -0.05) is 12.1 Å². The number of benzene rings is 1. The Morgan fingerprint density at radius 1 is 1.35 bits per heavy atom. The number of nitrogens with zero attached hydrogens (tertiary/aromatic N) is 1. The van der Waals surface area contributed by atoms with E-state index in [9.17, 15) is 4.79 Å². The largest absolute Gasteiger partial charge is 0.385 e. The van der Waals surface area contributed by atoms with Crippen LogP contribution in [0.25, 0.3) is 0 Å². The molecule has 0 unspecified atom stereocenters. The smallest absolute Gasteiger partial charge is 0.197 e. The molecule has 4 heteroatoms. The van der Waals surface area contributed by atoms with Gasteiger partial charge < -0.3 is 11.1 Å². The average molecular weight is 267 g/mol. The molecule has 1 aliphatic rings. The van der Waals surface area contributed by atoms with Crippen LogP contribution in [0.1, 0.15) is 33.5 Å². The zero-order chi connectivity index (χ0) is 14.1. The maximum atomic E-state index is 12.7. The van der Waals surface area contributed by atoms with E-state index in [1.165, 1.54) is 0 Å². The number of hydrogen-bond donors (Lipinski definition) is 2. The predicted molar refractivity (Wildman–Crippen MR) is 80.1 cm³/mol. The molecule has 3 N–H and O–H groups in total. The van der Waals surface area contributed by atoms with Gasteiger partial charge in [0.05, 0.1) is 5.56 Å². The molecule has 0 amide bonds. The van der Waals surface area contributed by atoms with Crippen molar-refractivity contribution in [3.63, 3.8) is 0 Å². The number of nitrogens with one attached hydrogen (secondary N) is 1. The second-order valence-corrected chi connectivity index (χ2v) is 5.14. The van der Waals surface area contributed by atoms with Crippen molar-refractivity contribution < 1.29 is 4.79 Å². The van der Waals surface area contributed by atoms with Gasteiger partial charge in [-0.2, -0.15) is 0 Å². The molecule has 20 heavy (non-hydrogen) atoms. The van der Waals surface area contributed by atoms with Crippen molar-refractivity contribution in [2.24, 2.45) is 0 Å². The van der Waals surface area contributed by atoms with Gasteiger partial charge >= 0.3 is 0 Å². The van der Waals surface area contributed by atoms with Crippen LogP contribution in [0.4, 0.5) is 11.5 Å². The van der Waals surface area contributed by atoms with Gasteiger partial charge in [0, 0.05) is 24.0 Å². The van der Waals surface area contributed by atoms with Gasteiger partial charge in [-0.15, -0.1) is 0 Å². The molecule has 2 heterocycles. The first-order valence-corrected chi connectivity index (χ1v) is 6.79. The third kappa shape index (κ3) is 2.13. The van der Waals surface area contributed by atoms with Crippen molar-refractivity contribution in [3.05, 3.63) is 52.7 Å². The lowest BCUT2D eigenvalue weighted by Crippen LogP contribution is -2.16. The number of nitrogens with two attached hydrogens (primary N) is 1. The lowest BCUT2D eigenvalue weighted by molar-refractivity contribution is 0.103. The van der Waals surface area contributed by atoms with E-state index >= 15 is 0 Å². The summed E-state index contributed by atoms with van der Waals surface area (Å²) in [6.45, 7) is 2.87. The third-order valence-electron chi connectivity index (χ3n) is 3.64. The fourth-order valence-electron chi connectivity index (χ4n) is 2.63. The Morgan fingerprint density at radius 3 is 3.05 bits per heavy atom. The number of aryl methyl sites for hydroxylation is 1. The normalized spacial score (nSPS) is 13.4. The van der Waals surface area contributed by atoms with Crippen LogP contribution in [0, 0.1) is 6.92 Å². The van der Waals surface area contributed by atoms with Crippen molar-refractivity contribution in [3.8, 4) is 0 Å². The van der Waals surface area contributed by atoms with Crippen LogP contribution >= 0.6 is 0 Å². The molecule has 0 aliphatic carbocycles. The van der Waals surface area contributed by atoms with Gasteiger partial charge in [0.1, 0.15) is 5.82 Å². The SMILES string of the molecule is Cc1cnc(N)c(C(=O)c2cccc3c2CCCN3)c1. The number of carbonyl (C=O) groups excluding carboxylic acids is 1. The third-order valence-corrected chi connectivity index (χ3v) is 3.64. The van der Waals surface area contributed by atoms with Crippen molar-refractivity contribution in [1.29, 1.82) is 0 Å². The van der Waals surface area contributed by atoms with Crippen LogP contribution in [-0.4, -0.2) is 17.3 Å². The zero-order valence-electron chi connectivity index (χ0n) is 11.4. The van der Waals surface area contributed by atoms with E-state index in [1.807, 2.05) is 25.1 Å². The highest BCUT2D eigenvalue weighted by Gasteiger charge is 2.20. The van der Waals surface area contributed by atoms with E-state index in [0.717, 1.165) is 41.8 Å². The minimum absolute atomic E-state index is 0.0424. The Balaban J connectivity index is 2.09. The number of carbonyl (C=O) groups is 1. The highest BCUT2D eigenvalue weighted by molar-refractivity contribution is 6.13. The molecule has 4 nitrogen and oxygen atoms in total. The minimum Gasteiger partial charge on any atom is -0.385 e. The van der Waals surface area contributed by atoms with E-state index in [1.54, 1.807) is 12.3 Å². The predicted octanol–water partition coefficient (Wildman–Crippen LogP) is 2.56. The summed E-state index contributed by atoms with van der Waals surface area (Å²) in [4.78, 5) is 16.8. The Morgan fingerprint density at radius 2 is 2.20 bits per heavy atom. The van der Waals surface area contributed by atoms with E-state index in [4.69, 9.17) is 5.73 Å². The summed E-state index contributed by atoms with van der Waals surface area (Å²) in [5.41, 5.74) is 10.2. The highest BCUT2D eigenvalue weighted by Crippen LogP contribution is 2.28. The second kappa shape index (κ2) is 4.96. The minimum atomic E-state index is -0.0424. The maximum absolute atomic E-state index is 12.7. The molecule has 0 bridgehead atoms. The number of aromatic nitrogens is 1. The average Bonchev–Trinajstić information content (AvgIpc) is 2.48. The van der Waals surface area contributed by atoms with E-state index < -0.39 is 0 Å². The van der Waals surface area contributed by atoms with Crippen LogP contribution in [-0.2, 0) is 6.42 Å². The summed E-state index contributed by atoms with van der Waals surface area (Å²) < 4.78 is 0. The van der Waals surface area contributed by atoms with Gasteiger partial charge in [-0.3, -0.25) is 4.79 Å². The number of anilines is 2. The summed E-state index contributed by atoms with van der Waals surface area (Å²) >= 11 is 0. The van der Waals surface area contributed by atoms with Crippen LogP contribution in [0.2, 0.25) is 0 Å². The Kier molecular flexibility index (Phi) is 3.14. The number of ketones is 1. The first kappa shape index (κ1) is 12.7. The molecule has 0 saturated heterocycles. The lowest BCUT2D eigenvalue weighted by atomic mass is 9.92. The van der Waals surface area contributed by atoms with Gasteiger partial charge in [0.25, 0.3) is 0 Å². The molecule has 1 aliphatic heterocycles. The van der Waals surface area contributed by atoms with Gasteiger partial charge in [0.2, 0.25) is 0 Å². The fraction of sp³-hybridized carbons (Fsp3) is 0.250. The molecule has 3 rings (SSSR count). The monoisotopic (exact) mass is 267 g/mol. The molecule has 0 saturated carbocycles. The Labute approximate surface area is 118 Å². The summed E-state index contributed by atoms with van der Waals surface area (Å²) in [5.74, 6) is 0.251. The van der Waals surface area contributed by atoms with E-state index in [0.29, 0.717) is 11.4 Å². The lowest BCUT2D eigenvalue weighted by Gasteiger charge is -2.20. The first-order valence-electron chi connectivity index (χ1n) is 6.79. The summed E-state index contributed by atoms with van der Waals surface area (Å²) in [5, 5.41) is 3.34. The quantitative estimate of drug-likeness (QED) is 0.821. The van der Waals surface area contributed by atoms with Gasteiger partial charge in [-0.25, -0.2) is 4.98 Å². The van der Waals surface area contributed by atoms with Crippen LogP contribution in [0.5, 0.6) is 0 Å². The molecule has 0 atom stereocenters. The van der Waals surface area contributed by atoms with Crippen LogP contribution < -0.4 is 11.1 Å². The number of pyridine rings is 1. The molecule has 0 fully saturated rings. The van der Waals surface area contributed by atoms with Gasteiger partial charge in [0.15, 0.2) is 5.78 Å². The molecule has 102 valence electrons. The topological polar surface area (TPSA) is 68.0 Å². The Hall–Kier alpha value is -2.36. The van der Waals surface area contributed by atoms with E-state index in [-0.39, 0.29) is 5.78 Å². The van der Waals surface area contributed by atoms with Crippen LogP contribution in [0.3, 0.4) is 0 Å². The fourth-order valence-corrected chi connectivity index (χ4v) is 2.63. The number of nitrogen functional groups attached to an aromatic ring is 1. The standard InChI is InChI=1S/C16H17N3O/c1-10-8-13(16(17)19-9-10)15(20)12-4-2-6-14-11(12)5-3-7-18-14/h2,4,6,8-9,18H,3,5,7H2,1H3,(H2,17,19). The van der Waals surface area contributed by atoms with Gasteiger partial charge in [-0.05, 0) is 43.0 Å². The Bertz CT molecular complexity index is 679. The molecule has 1 aromatic carbocycles. The molecule has 0 radical (unpaired) electrons. The number of fused-ring (bicyclic) bond motifs is 1. The molecular weight excluding hydrogens is 250 g/mol.